The number of nitrogens with one attached hydrogen (secondary N) is 1. The third kappa shape index (κ3) is 3.59. The number of anilines is 2. The van der Waals surface area contributed by atoms with Crippen molar-refractivity contribution >= 4 is 23.2 Å². The van der Waals surface area contributed by atoms with E-state index in [1.165, 1.54) is 25.5 Å². The van der Waals surface area contributed by atoms with Crippen molar-refractivity contribution in [1.82, 2.24) is 4.90 Å². The van der Waals surface area contributed by atoms with Crippen molar-refractivity contribution in [2.75, 3.05) is 29.9 Å². The highest BCUT2D eigenvalue weighted by atomic mass is 16.2. The molecule has 1 N–H and O–H groups in total. The van der Waals surface area contributed by atoms with E-state index in [-0.39, 0.29) is 24.4 Å². The molecule has 2 amide bonds. The zero-order chi connectivity index (χ0) is 15.5. The number of benzene rings is 1. The van der Waals surface area contributed by atoms with E-state index in [0.29, 0.717) is 0 Å². The summed E-state index contributed by atoms with van der Waals surface area (Å²) in [6.07, 6.45) is 4.52. The Morgan fingerprint density at radius 3 is 2.36 bits per heavy atom. The van der Waals surface area contributed by atoms with E-state index < -0.39 is 0 Å². The predicted octanol–water partition coefficient (Wildman–Crippen LogP) is 2.24. The second-order valence-electron chi connectivity index (χ2n) is 6.17. The summed E-state index contributed by atoms with van der Waals surface area (Å²) in [4.78, 5) is 27.6. The van der Waals surface area contributed by atoms with Gasteiger partial charge in [-0.05, 0) is 49.9 Å². The topological polar surface area (TPSA) is 52.7 Å². The molecule has 2 aliphatic rings. The van der Waals surface area contributed by atoms with Gasteiger partial charge in [0.25, 0.3) is 0 Å². The summed E-state index contributed by atoms with van der Waals surface area (Å²) in [5.41, 5.74) is 1.99. The lowest BCUT2D eigenvalue weighted by atomic mass is 10.2. The van der Waals surface area contributed by atoms with E-state index in [1.807, 2.05) is 24.3 Å². The summed E-state index contributed by atoms with van der Waals surface area (Å²) >= 11 is 0. The average molecular weight is 301 g/mol. The van der Waals surface area contributed by atoms with Gasteiger partial charge in [0.2, 0.25) is 11.8 Å². The second-order valence-corrected chi connectivity index (χ2v) is 6.17. The molecule has 0 unspecified atom stereocenters. The van der Waals surface area contributed by atoms with Gasteiger partial charge in [0, 0.05) is 37.4 Å². The van der Waals surface area contributed by atoms with Crippen molar-refractivity contribution in [3.05, 3.63) is 24.3 Å². The van der Waals surface area contributed by atoms with Crippen LogP contribution in [-0.2, 0) is 9.59 Å². The highest BCUT2D eigenvalue weighted by molar-refractivity contribution is 5.94. The van der Waals surface area contributed by atoms with Crippen molar-refractivity contribution < 1.29 is 9.59 Å². The van der Waals surface area contributed by atoms with Crippen LogP contribution in [-0.4, -0.2) is 42.4 Å². The maximum Gasteiger partial charge on any atom is 0.244 e. The molecule has 1 saturated heterocycles. The monoisotopic (exact) mass is 301 g/mol. The van der Waals surface area contributed by atoms with Gasteiger partial charge < -0.3 is 15.1 Å². The number of nitrogens with zero attached hydrogens (tertiary/aromatic N) is 2. The molecule has 0 atom stereocenters. The summed E-state index contributed by atoms with van der Waals surface area (Å²) in [5.74, 6) is -0.155. The van der Waals surface area contributed by atoms with Gasteiger partial charge in [0.05, 0.1) is 0 Å². The first-order chi connectivity index (χ1) is 10.6. The van der Waals surface area contributed by atoms with Gasteiger partial charge in [0.1, 0.15) is 6.54 Å². The Balaban J connectivity index is 1.55. The Labute approximate surface area is 131 Å². The van der Waals surface area contributed by atoms with Crippen molar-refractivity contribution in [2.24, 2.45) is 0 Å². The quantitative estimate of drug-likeness (QED) is 0.907. The smallest absolute Gasteiger partial charge is 0.244 e. The summed E-state index contributed by atoms with van der Waals surface area (Å²) in [6, 6.07) is 8.22. The van der Waals surface area contributed by atoms with Crippen molar-refractivity contribution in [3.8, 4) is 0 Å². The molecule has 1 aliphatic carbocycles. The van der Waals surface area contributed by atoms with E-state index in [0.717, 1.165) is 31.6 Å². The van der Waals surface area contributed by atoms with Crippen molar-refractivity contribution in [3.63, 3.8) is 0 Å². The minimum atomic E-state index is -0.129. The van der Waals surface area contributed by atoms with Crippen LogP contribution in [0.1, 0.15) is 32.6 Å². The Bertz CT molecular complexity index is 546. The van der Waals surface area contributed by atoms with Gasteiger partial charge in [-0.1, -0.05) is 0 Å². The first kappa shape index (κ1) is 14.9. The standard InChI is InChI=1S/C17H23N3O2/c1-13(21)20(16-8-9-16)12-17(22)18-14-4-6-15(7-5-14)19-10-2-3-11-19/h4-7,16H,2-3,8-12H2,1H3,(H,18,22). The fourth-order valence-electron chi connectivity index (χ4n) is 2.97. The van der Waals surface area contributed by atoms with Crippen LogP contribution < -0.4 is 10.2 Å². The van der Waals surface area contributed by atoms with E-state index in [4.69, 9.17) is 0 Å². The second kappa shape index (κ2) is 6.38. The predicted molar refractivity (Wildman–Crippen MR) is 86.9 cm³/mol. The molecule has 2 fully saturated rings. The van der Waals surface area contributed by atoms with Crippen LogP contribution in [0.15, 0.2) is 24.3 Å². The molecule has 0 aromatic heterocycles. The molecular formula is C17H23N3O2. The summed E-state index contributed by atoms with van der Waals surface area (Å²) in [7, 11) is 0. The highest BCUT2D eigenvalue weighted by Crippen LogP contribution is 2.27. The van der Waals surface area contributed by atoms with Crippen LogP contribution in [0, 0.1) is 0 Å². The SMILES string of the molecule is CC(=O)N(CC(=O)Nc1ccc(N2CCCC2)cc1)C1CC1. The van der Waals surface area contributed by atoms with Gasteiger partial charge in [-0.15, -0.1) is 0 Å². The maximum atomic E-state index is 12.1. The zero-order valence-corrected chi connectivity index (χ0v) is 13.0. The van der Waals surface area contributed by atoms with Crippen LogP contribution in [0.3, 0.4) is 0 Å². The lowest BCUT2D eigenvalue weighted by Gasteiger charge is -2.20. The van der Waals surface area contributed by atoms with Gasteiger partial charge in [-0.25, -0.2) is 0 Å². The molecule has 0 bridgehead atoms. The number of amides is 2. The molecule has 0 spiro atoms. The molecule has 1 heterocycles. The normalized spacial score (nSPS) is 17.4. The largest absolute Gasteiger partial charge is 0.372 e. The summed E-state index contributed by atoms with van der Waals surface area (Å²) in [6.45, 7) is 3.89. The van der Waals surface area contributed by atoms with Gasteiger partial charge >= 0.3 is 0 Å². The number of hydrogen-bond acceptors (Lipinski definition) is 3. The minimum absolute atomic E-state index is 0.0259. The fraction of sp³-hybridized carbons (Fsp3) is 0.529. The lowest BCUT2D eigenvalue weighted by molar-refractivity contribution is -0.133. The molecule has 1 aliphatic heterocycles. The Morgan fingerprint density at radius 1 is 1.18 bits per heavy atom. The molecule has 0 radical (unpaired) electrons. The molecule has 1 saturated carbocycles. The van der Waals surface area contributed by atoms with E-state index in [1.54, 1.807) is 4.90 Å². The fourth-order valence-corrected chi connectivity index (χ4v) is 2.97. The lowest BCUT2D eigenvalue weighted by Crippen LogP contribution is -2.38. The first-order valence-electron chi connectivity index (χ1n) is 8.05. The third-order valence-corrected chi connectivity index (χ3v) is 4.33. The molecule has 3 rings (SSSR count). The van der Waals surface area contributed by atoms with E-state index in [2.05, 4.69) is 10.2 Å². The first-order valence-corrected chi connectivity index (χ1v) is 8.05. The van der Waals surface area contributed by atoms with Gasteiger partial charge in [-0.3, -0.25) is 9.59 Å². The summed E-state index contributed by atoms with van der Waals surface area (Å²) < 4.78 is 0. The Morgan fingerprint density at radius 2 is 1.82 bits per heavy atom. The molecule has 1 aromatic rings. The number of hydrogen-bond donors (Lipinski definition) is 1. The van der Waals surface area contributed by atoms with Crippen LogP contribution in [0.2, 0.25) is 0 Å². The minimum Gasteiger partial charge on any atom is -0.372 e. The number of carbonyl (C=O) groups excluding carboxylic acids is 2. The third-order valence-electron chi connectivity index (χ3n) is 4.33. The van der Waals surface area contributed by atoms with Gasteiger partial charge in [0.15, 0.2) is 0 Å². The van der Waals surface area contributed by atoms with Crippen LogP contribution in [0.25, 0.3) is 0 Å². The average Bonchev–Trinajstić information content (AvgIpc) is 3.19. The zero-order valence-electron chi connectivity index (χ0n) is 13.0. The highest BCUT2D eigenvalue weighted by Gasteiger charge is 2.32. The molecule has 5 heteroatoms. The number of carbonyl (C=O) groups is 2. The van der Waals surface area contributed by atoms with Crippen LogP contribution >= 0.6 is 0 Å². The van der Waals surface area contributed by atoms with E-state index >= 15 is 0 Å². The molecule has 22 heavy (non-hydrogen) atoms. The molecule has 118 valence electrons. The molecular weight excluding hydrogens is 278 g/mol. The van der Waals surface area contributed by atoms with Crippen LogP contribution in [0.5, 0.6) is 0 Å². The van der Waals surface area contributed by atoms with Crippen molar-refractivity contribution in [1.29, 1.82) is 0 Å². The Hall–Kier alpha value is -2.04. The molecule has 5 nitrogen and oxygen atoms in total. The maximum absolute atomic E-state index is 12.1. The Kier molecular flexibility index (Phi) is 4.32. The summed E-state index contributed by atoms with van der Waals surface area (Å²) in [5, 5.41) is 2.88. The van der Waals surface area contributed by atoms with Crippen molar-refractivity contribution in [2.45, 2.75) is 38.6 Å². The van der Waals surface area contributed by atoms with Crippen LogP contribution in [0.4, 0.5) is 11.4 Å². The van der Waals surface area contributed by atoms with Gasteiger partial charge in [-0.2, -0.15) is 0 Å². The van der Waals surface area contributed by atoms with E-state index in [9.17, 15) is 9.59 Å². The number of rotatable bonds is 5. The molecule has 1 aromatic carbocycles.